The summed E-state index contributed by atoms with van der Waals surface area (Å²) in [6.07, 6.45) is 1.99. The average molecular weight is 236 g/mol. The SMILES string of the molecule is CSN=C(c1ccccc1)N1CCOCC1. The Morgan fingerprint density at radius 1 is 1.25 bits per heavy atom. The van der Waals surface area contributed by atoms with Crippen LogP contribution in [0, 0.1) is 0 Å². The van der Waals surface area contributed by atoms with Gasteiger partial charge in [-0.3, -0.25) is 0 Å². The zero-order valence-corrected chi connectivity index (χ0v) is 10.2. The van der Waals surface area contributed by atoms with Crippen molar-refractivity contribution >= 4 is 17.8 Å². The van der Waals surface area contributed by atoms with E-state index in [0.29, 0.717) is 0 Å². The maximum Gasteiger partial charge on any atom is 0.144 e. The van der Waals surface area contributed by atoms with Crippen LogP contribution < -0.4 is 0 Å². The molecule has 1 aliphatic rings. The molecule has 0 unspecified atom stereocenters. The molecule has 0 radical (unpaired) electrons. The summed E-state index contributed by atoms with van der Waals surface area (Å²) in [6, 6.07) is 10.3. The van der Waals surface area contributed by atoms with Crippen LogP contribution in [-0.4, -0.2) is 43.3 Å². The van der Waals surface area contributed by atoms with Crippen molar-refractivity contribution < 1.29 is 4.74 Å². The number of nitrogens with zero attached hydrogens (tertiary/aromatic N) is 2. The van der Waals surface area contributed by atoms with Gasteiger partial charge in [0.15, 0.2) is 0 Å². The first kappa shape index (κ1) is 11.5. The van der Waals surface area contributed by atoms with E-state index in [2.05, 4.69) is 21.4 Å². The van der Waals surface area contributed by atoms with Crippen LogP contribution in [0.4, 0.5) is 0 Å². The minimum Gasteiger partial charge on any atom is -0.378 e. The summed E-state index contributed by atoms with van der Waals surface area (Å²) < 4.78 is 9.88. The van der Waals surface area contributed by atoms with E-state index in [9.17, 15) is 0 Å². The van der Waals surface area contributed by atoms with Gasteiger partial charge in [0.2, 0.25) is 0 Å². The summed E-state index contributed by atoms with van der Waals surface area (Å²) in [4.78, 5) is 2.29. The molecule has 1 aromatic rings. The second kappa shape index (κ2) is 5.92. The van der Waals surface area contributed by atoms with E-state index in [1.165, 1.54) is 17.5 Å². The molecular weight excluding hydrogens is 220 g/mol. The van der Waals surface area contributed by atoms with Crippen LogP contribution >= 0.6 is 11.9 Å². The molecule has 4 heteroatoms. The van der Waals surface area contributed by atoms with E-state index in [1.807, 2.05) is 24.5 Å². The molecule has 86 valence electrons. The third-order valence-corrected chi connectivity index (χ3v) is 2.88. The molecular formula is C12H16N2OS. The largest absolute Gasteiger partial charge is 0.378 e. The predicted octanol–water partition coefficient (Wildman–Crippen LogP) is 2.04. The smallest absolute Gasteiger partial charge is 0.144 e. The monoisotopic (exact) mass is 236 g/mol. The van der Waals surface area contributed by atoms with Gasteiger partial charge in [-0.25, -0.2) is 0 Å². The van der Waals surface area contributed by atoms with E-state index in [0.717, 1.165) is 32.1 Å². The fraction of sp³-hybridized carbons (Fsp3) is 0.417. The van der Waals surface area contributed by atoms with Crippen LogP contribution in [0.15, 0.2) is 34.7 Å². The highest BCUT2D eigenvalue weighted by molar-refractivity contribution is 7.97. The average Bonchev–Trinajstić information content (AvgIpc) is 2.38. The summed E-state index contributed by atoms with van der Waals surface area (Å²) >= 11 is 1.50. The van der Waals surface area contributed by atoms with Gasteiger partial charge in [0.25, 0.3) is 0 Å². The van der Waals surface area contributed by atoms with E-state index >= 15 is 0 Å². The lowest BCUT2D eigenvalue weighted by Crippen LogP contribution is -2.41. The van der Waals surface area contributed by atoms with Crippen LogP contribution in [0.25, 0.3) is 0 Å². The van der Waals surface area contributed by atoms with Crippen LogP contribution in [0.3, 0.4) is 0 Å². The van der Waals surface area contributed by atoms with Crippen LogP contribution in [0.2, 0.25) is 0 Å². The van der Waals surface area contributed by atoms with Gasteiger partial charge in [-0.15, -0.1) is 0 Å². The maximum atomic E-state index is 5.36. The molecule has 3 nitrogen and oxygen atoms in total. The van der Waals surface area contributed by atoms with Crippen molar-refractivity contribution in [2.45, 2.75) is 0 Å². The molecule has 16 heavy (non-hydrogen) atoms. The van der Waals surface area contributed by atoms with Crippen molar-refractivity contribution in [2.75, 3.05) is 32.6 Å². The van der Waals surface area contributed by atoms with E-state index in [4.69, 9.17) is 4.74 Å². The van der Waals surface area contributed by atoms with Gasteiger partial charge >= 0.3 is 0 Å². The minimum atomic E-state index is 0.792. The summed E-state index contributed by atoms with van der Waals surface area (Å²) in [5.41, 5.74) is 1.18. The maximum absolute atomic E-state index is 5.36. The van der Waals surface area contributed by atoms with E-state index < -0.39 is 0 Å². The normalized spacial score (nSPS) is 17.6. The quantitative estimate of drug-likeness (QED) is 0.446. The zero-order valence-electron chi connectivity index (χ0n) is 9.43. The van der Waals surface area contributed by atoms with Crippen LogP contribution in [-0.2, 0) is 4.74 Å². The van der Waals surface area contributed by atoms with Crippen molar-refractivity contribution in [3.8, 4) is 0 Å². The third kappa shape index (κ3) is 2.77. The molecule has 0 amide bonds. The minimum absolute atomic E-state index is 0.792. The zero-order chi connectivity index (χ0) is 11.2. The van der Waals surface area contributed by atoms with Gasteiger partial charge in [-0.1, -0.05) is 30.3 Å². The Kier molecular flexibility index (Phi) is 4.25. The Bertz CT molecular complexity index is 347. The number of hydrogen-bond donors (Lipinski definition) is 0. The van der Waals surface area contributed by atoms with Crippen LogP contribution in [0.5, 0.6) is 0 Å². The fourth-order valence-corrected chi connectivity index (χ4v) is 2.14. The molecule has 2 rings (SSSR count). The van der Waals surface area contributed by atoms with Crippen molar-refractivity contribution in [1.82, 2.24) is 4.90 Å². The second-order valence-corrected chi connectivity index (χ2v) is 4.11. The van der Waals surface area contributed by atoms with Gasteiger partial charge in [0, 0.05) is 24.9 Å². The van der Waals surface area contributed by atoms with Gasteiger partial charge in [-0.2, -0.15) is 4.40 Å². The fourth-order valence-electron chi connectivity index (χ4n) is 1.74. The first-order valence-corrected chi connectivity index (χ1v) is 6.59. The lowest BCUT2D eigenvalue weighted by Gasteiger charge is -2.29. The van der Waals surface area contributed by atoms with Crippen LogP contribution in [0.1, 0.15) is 5.56 Å². The highest BCUT2D eigenvalue weighted by atomic mass is 32.2. The molecule has 0 bridgehead atoms. The van der Waals surface area contributed by atoms with Crippen molar-refractivity contribution in [1.29, 1.82) is 0 Å². The van der Waals surface area contributed by atoms with Gasteiger partial charge in [0.1, 0.15) is 5.84 Å². The molecule has 1 aliphatic heterocycles. The van der Waals surface area contributed by atoms with Gasteiger partial charge in [-0.05, 0) is 11.9 Å². The van der Waals surface area contributed by atoms with E-state index in [-0.39, 0.29) is 0 Å². The van der Waals surface area contributed by atoms with E-state index in [1.54, 1.807) is 0 Å². The Morgan fingerprint density at radius 3 is 2.56 bits per heavy atom. The Hall–Kier alpha value is -1.00. The second-order valence-electron chi connectivity index (χ2n) is 3.56. The van der Waals surface area contributed by atoms with Crippen molar-refractivity contribution in [3.05, 3.63) is 35.9 Å². The lowest BCUT2D eigenvalue weighted by atomic mass is 10.2. The summed E-state index contributed by atoms with van der Waals surface area (Å²) in [5, 5.41) is 0. The molecule has 0 spiro atoms. The molecule has 1 fully saturated rings. The Labute approximate surface area is 101 Å². The Balaban J connectivity index is 2.20. The predicted molar refractivity (Wildman–Crippen MR) is 68.9 cm³/mol. The molecule has 0 saturated carbocycles. The molecule has 0 aromatic heterocycles. The summed E-state index contributed by atoms with van der Waals surface area (Å²) in [6.45, 7) is 3.43. The highest BCUT2D eigenvalue weighted by Crippen LogP contribution is 2.11. The first-order chi connectivity index (χ1) is 7.92. The molecule has 0 aliphatic carbocycles. The lowest BCUT2D eigenvalue weighted by molar-refractivity contribution is 0.0684. The first-order valence-electron chi connectivity index (χ1n) is 5.41. The number of morpholine rings is 1. The van der Waals surface area contributed by atoms with Gasteiger partial charge < -0.3 is 9.64 Å². The summed E-state index contributed by atoms with van der Waals surface area (Å²) in [5.74, 6) is 1.07. The number of amidine groups is 1. The topological polar surface area (TPSA) is 24.8 Å². The molecule has 1 aromatic carbocycles. The van der Waals surface area contributed by atoms with Gasteiger partial charge in [0.05, 0.1) is 13.2 Å². The van der Waals surface area contributed by atoms with Crippen molar-refractivity contribution in [2.24, 2.45) is 4.40 Å². The molecule has 1 heterocycles. The molecule has 1 saturated heterocycles. The third-order valence-electron chi connectivity index (χ3n) is 2.52. The number of ether oxygens (including phenoxy) is 1. The number of rotatable bonds is 2. The molecule has 0 N–H and O–H groups in total. The van der Waals surface area contributed by atoms with Crippen molar-refractivity contribution in [3.63, 3.8) is 0 Å². The number of benzene rings is 1. The number of hydrogen-bond acceptors (Lipinski definition) is 3. The summed E-state index contributed by atoms with van der Waals surface area (Å²) in [7, 11) is 0. The Morgan fingerprint density at radius 2 is 1.94 bits per heavy atom. The highest BCUT2D eigenvalue weighted by Gasteiger charge is 2.16. The molecule has 0 atom stereocenters. The standard InChI is InChI=1S/C12H16N2OS/c1-16-13-12(11-5-3-2-4-6-11)14-7-9-15-10-8-14/h2-6H,7-10H2,1H3.